The van der Waals surface area contributed by atoms with Gasteiger partial charge in [0.25, 0.3) is 0 Å². The third-order valence-electron chi connectivity index (χ3n) is 7.19. The van der Waals surface area contributed by atoms with Crippen molar-refractivity contribution in [2.24, 2.45) is 5.92 Å². The highest BCUT2D eigenvalue weighted by atomic mass is 16.5. The molecule has 3 atom stereocenters. The number of hydrogen-bond acceptors (Lipinski definition) is 13. The van der Waals surface area contributed by atoms with Gasteiger partial charge in [0.2, 0.25) is 29.5 Å². The highest BCUT2D eigenvalue weighted by molar-refractivity contribution is 5.87. The van der Waals surface area contributed by atoms with Crippen molar-refractivity contribution in [1.82, 2.24) is 26.6 Å². The molecule has 21 heteroatoms. The van der Waals surface area contributed by atoms with Gasteiger partial charge in [-0.05, 0) is 32.6 Å². The lowest BCUT2D eigenvalue weighted by Crippen LogP contribution is -2.45. The number of aliphatic carboxylic acids is 3. The van der Waals surface area contributed by atoms with Gasteiger partial charge in [-0.2, -0.15) is 0 Å². The number of carboxylic acid groups (broad SMARTS) is 3. The summed E-state index contributed by atoms with van der Waals surface area (Å²) >= 11 is 0. The molecule has 0 unspecified atom stereocenters. The summed E-state index contributed by atoms with van der Waals surface area (Å²) in [7, 11) is 0. The van der Waals surface area contributed by atoms with Gasteiger partial charge < -0.3 is 65.6 Å². The standard InChI is InChI=1S/C33H55N5O16/c1-22(31(45)46)5-8-26(40)35-12-14-51-16-18-53-20-29(43)36-13-15-52-17-19-54-21-30(44)38-25(33(49)50)7-10-28(42)37-24(32(47)48)6-9-27(41)34-11-3-4-23(2)39/h22,24-25H,3-21H2,1-2H3,(H,34,41)(H,35,40)(H,36,43)(H,37,42)(H,38,44)(H,45,46)(H,47,48)(H,49,50)/t22-,24-,25-/m0/s1. The summed E-state index contributed by atoms with van der Waals surface area (Å²) in [5, 5.41) is 39.8. The highest BCUT2D eigenvalue weighted by Gasteiger charge is 2.24. The van der Waals surface area contributed by atoms with Crippen LogP contribution in [0, 0.1) is 5.92 Å². The normalized spacial score (nSPS) is 12.4. The lowest BCUT2D eigenvalue weighted by Gasteiger charge is -2.17. The number of carbonyl (C=O) groups excluding carboxylic acids is 6. The smallest absolute Gasteiger partial charge is 0.326 e. The van der Waals surface area contributed by atoms with Gasteiger partial charge in [0.15, 0.2) is 0 Å². The zero-order valence-electron chi connectivity index (χ0n) is 30.8. The SMILES string of the molecule is CC(=O)CCCNC(=O)CC[C@H](NC(=O)CC[C@H](NC(=O)COCCOCCNC(=O)COCCOCCNC(=O)CC[C@H](C)C(=O)O)C(=O)O)C(=O)O. The van der Waals surface area contributed by atoms with Gasteiger partial charge >= 0.3 is 17.9 Å². The summed E-state index contributed by atoms with van der Waals surface area (Å²) < 4.78 is 20.9. The van der Waals surface area contributed by atoms with Crippen molar-refractivity contribution >= 4 is 53.2 Å². The Morgan fingerprint density at radius 2 is 0.907 bits per heavy atom. The van der Waals surface area contributed by atoms with Crippen LogP contribution in [-0.2, 0) is 62.1 Å². The summed E-state index contributed by atoms with van der Waals surface area (Å²) in [4.78, 5) is 105. The van der Waals surface area contributed by atoms with Crippen molar-refractivity contribution in [3.63, 3.8) is 0 Å². The second kappa shape index (κ2) is 30.7. The third kappa shape index (κ3) is 28.8. The molecule has 8 N–H and O–H groups in total. The molecule has 0 heterocycles. The fourth-order valence-corrected chi connectivity index (χ4v) is 4.13. The van der Waals surface area contributed by atoms with E-state index >= 15 is 0 Å². The van der Waals surface area contributed by atoms with Crippen LogP contribution in [0.5, 0.6) is 0 Å². The average Bonchev–Trinajstić information content (AvgIpc) is 3.10. The van der Waals surface area contributed by atoms with Crippen LogP contribution < -0.4 is 26.6 Å². The molecular weight excluding hydrogens is 722 g/mol. The molecule has 0 spiro atoms. The van der Waals surface area contributed by atoms with Crippen LogP contribution in [-0.4, -0.2) is 153 Å². The van der Waals surface area contributed by atoms with E-state index in [9.17, 15) is 53.4 Å². The number of hydrogen-bond donors (Lipinski definition) is 8. The van der Waals surface area contributed by atoms with Crippen molar-refractivity contribution in [3.8, 4) is 0 Å². The fourth-order valence-electron chi connectivity index (χ4n) is 4.13. The Balaban J connectivity index is 4.00. The van der Waals surface area contributed by atoms with Crippen LogP contribution in [0.4, 0.5) is 0 Å². The Bertz CT molecular complexity index is 1220. The topological polar surface area (TPSA) is 311 Å². The predicted octanol–water partition coefficient (Wildman–Crippen LogP) is -2.03. The monoisotopic (exact) mass is 777 g/mol. The maximum absolute atomic E-state index is 12.3. The zero-order chi connectivity index (χ0) is 40.7. The number of amides is 5. The van der Waals surface area contributed by atoms with Gasteiger partial charge in [0.05, 0.1) is 45.6 Å². The molecule has 0 aliphatic rings. The van der Waals surface area contributed by atoms with Gasteiger partial charge in [-0.15, -0.1) is 0 Å². The molecule has 0 aromatic carbocycles. The highest BCUT2D eigenvalue weighted by Crippen LogP contribution is 2.05. The number of ketones is 1. The molecule has 0 saturated heterocycles. The number of carbonyl (C=O) groups is 9. The Kier molecular flexibility index (Phi) is 28.0. The summed E-state index contributed by atoms with van der Waals surface area (Å²) in [5.41, 5.74) is 0. The molecule has 0 aromatic rings. The molecule has 0 aliphatic heterocycles. The van der Waals surface area contributed by atoms with E-state index in [-0.39, 0.29) is 116 Å². The van der Waals surface area contributed by atoms with Crippen LogP contribution in [0.25, 0.3) is 0 Å². The molecule has 0 rings (SSSR count). The number of carboxylic acids is 3. The molecule has 0 aromatic heterocycles. The van der Waals surface area contributed by atoms with Crippen LogP contribution in [0.3, 0.4) is 0 Å². The molecule has 0 radical (unpaired) electrons. The van der Waals surface area contributed by atoms with E-state index in [1.165, 1.54) is 13.8 Å². The van der Waals surface area contributed by atoms with Gasteiger partial charge in [-0.25, -0.2) is 9.59 Å². The minimum atomic E-state index is -1.46. The minimum absolute atomic E-state index is 0.0226. The number of nitrogens with one attached hydrogen (secondary N) is 5. The first-order valence-corrected chi connectivity index (χ1v) is 17.5. The lowest BCUT2D eigenvalue weighted by molar-refractivity contribution is -0.144. The maximum Gasteiger partial charge on any atom is 0.326 e. The first-order valence-electron chi connectivity index (χ1n) is 17.5. The fraction of sp³-hybridized carbons (Fsp3) is 0.727. The van der Waals surface area contributed by atoms with Gasteiger partial charge in [-0.1, -0.05) is 6.92 Å². The van der Waals surface area contributed by atoms with Crippen LogP contribution in [0.1, 0.15) is 65.2 Å². The molecule has 308 valence electrons. The second-order valence-electron chi connectivity index (χ2n) is 12.0. The Morgan fingerprint density at radius 1 is 0.481 bits per heavy atom. The van der Waals surface area contributed by atoms with Crippen molar-refractivity contribution in [3.05, 3.63) is 0 Å². The summed E-state index contributed by atoms with van der Waals surface area (Å²) in [5.74, 6) is -7.04. The molecule has 5 amide bonds. The largest absolute Gasteiger partial charge is 0.481 e. The summed E-state index contributed by atoms with van der Waals surface area (Å²) in [6, 6.07) is -2.85. The van der Waals surface area contributed by atoms with E-state index < -0.39 is 66.7 Å². The first kappa shape index (κ1) is 49.3. The number of ether oxygens (including phenoxy) is 4. The average molecular weight is 778 g/mol. The molecule has 21 nitrogen and oxygen atoms in total. The van der Waals surface area contributed by atoms with Gasteiger partial charge in [-0.3, -0.25) is 28.8 Å². The Labute approximate surface area is 312 Å². The molecule has 0 aliphatic carbocycles. The molecule has 54 heavy (non-hydrogen) atoms. The second-order valence-corrected chi connectivity index (χ2v) is 12.0. The van der Waals surface area contributed by atoms with E-state index in [1.807, 2.05) is 0 Å². The molecular formula is C33H55N5O16. The zero-order valence-corrected chi connectivity index (χ0v) is 30.8. The number of Topliss-reactive ketones (excluding diaryl/α,β-unsaturated/α-hetero) is 1. The minimum Gasteiger partial charge on any atom is -0.481 e. The molecule has 0 fully saturated rings. The van der Waals surface area contributed by atoms with E-state index in [1.54, 1.807) is 0 Å². The van der Waals surface area contributed by atoms with E-state index in [0.29, 0.717) is 12.8 Å². The third-order valence-corrected chi connectivity index (χ3v) is 7.19. The van der Waals surface area contributed by atoms with Crippen LogP contribution in [0.15, 0.2) is 0 Å². The summed E-state index contributed by atoms with van der Waals surface area (Å²) in [6.45, 7) is 3.64. The maximum atomic E-state index is 12.3. The van der Waals surface area contributed by atoms with E-state index in [4.69, 9.17) is 24.1 Å². The van der Waals surface area contributed by atoms with Crippen LogP contribution >= 0.6 is 0 Å². The van der Waals surface area contributed by atoms with Gasteiger partial charge in [0.1, 0.15) is 31.1 Å². The van der Waals surface area contributed by atoms with E-state index in [2.05, 4.69) is 26.6 Å². The van der Waals surface area contributed by atoms with Crippen LogP contribution in [0.2, 0.25) is 0 Å². The van der Waals surface area contributed by atoms with Crippen molar-refractivity contribution in [2.75, 3.05) is 72.5 Å². The lowest BCUT2D eigenvalue weighted by atomic mass is 10.1. The molecule has 0 bridgehead atoms. The first-order chi connectivity index (χ1) is 25.6. The molecule has 0 saturated carbocycles. The predicted molar refractivity (Wildman–Crippen MR) is 186 cm³/mol. The van der Waals surface area contributed by atoms with Crippen molar-refractivity contribution in [2.45, 2.75) is 77.3 Å². The van der Waals surface area contributed by atoms with E-state index in [0.717, 1.165) is 0 Å². The quantitative estimate of drug-likeness (QED) is 0.0327. The Morgan fingerprint density at radius 3 is 1.41 bits per heavy atom. The Hall–Kier alpha value is -4.73. The van der Waals surface area contributed by atoms with Gasteiger partial charge in [0, 0.05) is 45.3 Å². The summed E-state index contributed by atoms with van der Waals surface area (Å²) in [6.07, 6.45) is -0.0926. The van der Waals surface area contributed by atoms with Crippen molar-refractivity contribution in [1.29, 1.82) is 0 Å². The van der Waals surface area contributed by atoms with Crippen molar-refractivity contribution < 1.29 is 77.4 Å². The number of rotatable bonds is 34.